The van der Waals surface area contributed by atoms with Crippen LogP contribution in [0, 0.1) is 6.07 Å². The van der Waals surface area contributed by atoms with Gasteiger partial charge >= 0.3 is 17.1 Å². The van der Waals surface area contributed by atoms with Crippen molar-refractivity contribution in [2.24, 2.45) is 0 Å². The maximum atomic E-state index is 8.56. The number of aliphatic hydroxyl groups is 2. The monoisotopic (exact) mass is 1780 g/mol. The number of rotatable bonds is 11. The number of aliphatic hydroxyl groups excluding tert-OH is 2. The average molecular weight is 1780 g/mol. The molecule has 7 heterocycles. The summed E-state index contributed by atoms with van der Waals surface area (Å²) >= 11 is 0. The molecule has 5 atom stereocenters. The van der Waals surface area contributed by atoms with Crippen molar-refractivity contribution in [3.8, 4) is 96.0 Å². The molecule has 0 amide bonds. The second-order valence-corrected chi connectivity index (χ2v) is 30.9. The van der Waals surface area contributed by atoms with Crippen LogP contribution in [-0.2, 0) is 37.2 Å². The summed E-state index contributed by atoms with van der Waals surface area (Å²) in [5.74, 6) is 2.21. The van der Waals surface area contributed by atoms with Gasteiger partial charge < -0.3 is 49.6 Å². The Morgan fingerprint density at radius 2 is 0.761 bits per heavy atom. The van der Waals surface area contributed by atoms with E-state index in [2.05, 4.69) is 217 Å². The quantitative estimate of drug-likeness (QED) is 0.0710. The fourth-order valence-electron chi connectivity index (χ4n) is 14.0. The summed E-state index contributed by atoms with van der Waals surface area (Å²) in [6.07, 6.45) is 1.32. The topological polar surface area (TPSA) is 180 Å². The zero-order chi connectivity index (χ0) is 78.7. The van der Waals surface area contributed by atoms with Crippen LogP contribution in [0.4, 0.5) is 17.1 Å². The molecule has 2 aliphatic rings. The van der Waals surface area contributed by atoms with Gasteiger partial charge in [-0.25, -0.2) is 15.0 Å². The van der Waals surface area contributed by atoms with Gasteiger partial charge in [-0.2, -0.15) is 7.80 Å². The van der Waals surface area contributed by atoms with Crippen molar-refractivity contribution < 1.29 is 47.4 Å². The van der Waals surface area contributed by atoms with Crippen molar-refractivity contribution in [1.82, 2.24) is 54.4 Å². The zero-order valence-corrected chi connectivity index (χ0v) is 69.3. The SMILES string of the molecule is CC(O)CC(C)O.[B]C(P)P([B])C.[Cu+2].[Ir].[c-]1ccccc1-c1cc(-c2ccccc2)ncn1.c1ccc(-c2ccc(N(c3ccccc3)c3ccc(-c4ccc5c(c4)c4ccccc4n5-c4ccccc4)cc3)cc2)cc1.c1ccc2c(c1)-c1nc-2nc2[n-]c(nc3nc(nc4[n-]c(n1)c1ccccc41)-c1ccccc1-3)c1ccccc21. The van der Waals surface area contributed by atoms with E-state index in [4.69, 9.17) is 65.5 Å². The zero-order valence-electron chi connectivity index (χ0n) is 63.9. The third-order valence-electron chi connectivity index (χ3n) is 19.6. The molecule has 0 fully saturated rings. The van der Waals surface area contributed by atoms with Crippen LogP contribution in [0.2, 0.25) is 0 Å². The van der Waals surface area contributed by atoms with Gasteiger partial charge in [-0.3, -0.25) is 4.98 Å². The third kappa shape index (κ3) is 18.5. The molecule has 8 bridgehead atoms. The molecule has 2 N–H and O–H groups in total. The number of benzene rings is 13. The predicted molar refractivity (Wildman–Crippen MR) is 478 cm³/mol. The van der Waals surface area contributed by atoms with Crippen LogP contribution < -0.4 is 14.9 Å². The van der Waals surface area contributed by atoms with Crippen molar-refractivity contribution >= 4 is 115 Å². The van der Waals surface area contributed by atoms with Crippen LogP contribution in [0.15, 0.2) is 346 Å². The van der Waals surface area contributed by atoms with Gasteiger partial charge in [0.15, 0.2) is 0 Å². The predicted octanol–water partition coefficient (Wildman–Crippen LogP) is 22.0. The molecule has 0 aliphatic carbocycles. The molecule has 117 heavy (non-hydrogen) atoms. The summed E-state index contributed by atoms with van der Waals surface area (Å²) in [5.41, 5.74) is 21.5. The van der Waals surface area contributed by atoms with Gasteiger partial charge in [-0.05, 0) is 142 Å². The first kappa shape index (κ1) is 81.5. The maximum Gasteiger partial charge on any atom is 2.00 e. The van der Waals surface area contributed by atoms with E-state index < -0.39 is 7.80 Å². The van der Waals surface area contributed by atoms with Gasteiger partial charge in [0.2, 0.25) is 0 Å². The van der Waals surface area contributed by atoms with Crippen molar-refractivity contribution in [3.63, 3.8) is 0 Å². The summed E-state index contributed by atoms with van der Waals surface area (Å²) in [7, 11) is 12.7. The Bertz CT molecular complexity index is 6230. The summed E-state index contributed by atoms with van der Waals surface area (Å²) in [4.78, 5) is 50.2. The molecule has 6 radical (unpaired) electrons. The van der Waals surface area contributed by atoms with Gasteiger partial charge in [0.1, 0.15) is 13.9 Å². The first-order valence-electron chi connectivity index (χ1n) is 37.8. The molecule has 20 rings (SSSR count). The molecule has 14 nitrogen and oxygen atoms in total. The summed E-state index contributed by atoms with van der Waals surface area (Å²) < 4.78 is 2.36. The minimum absolute atomic E-state index is 0. The Morgan fingerprint density at radius 1 is 0.402 bits per heavy atom. The van der Waals surface area contributed by atoms with Crippen molar-refractivity contribution in [2.45, 2.75) is 37.8 Å². The van der Waals surface area contributed by atoms with Gasteiger partial charge in [-0.1, -0.05) is 261 Å². The van der Waals surface area contributed by atoms with Gasteiger partial charge in [0.25, 0.3) is 0 Å². The van der Waals surface area contributed by atoms with Crippen molar-refractivity contribution in [1.29, 1.82) is 0 Å². The molecular weight excluding hydrogens is 1700 g/mol. The van der Waals surface area contributed by atoms with Crippen LogP contribution in [0.3, 0.4) is 0 Å². The maximum absolute atomic E-state index is 8.56. The van der Waals surface area contributed by atoms with Gasteiger partial charge in [0.05, 0.1) is 60.1 Å². The summed E-state index contributed by atoms with van der Waals surface area (Å²) in [6, 6.07) is 120. The number of hydrogen-bond acceptors (Lipinski definition) is 11. The molecular formula is C97H75B2CuIrN12O2P2-. The normalized spacial score (nSPS) is 12.0. The van der Waals surface area contributed by atoms with E-state index in [0.29, 0.717) is 52.3 Å². The molecule has 13 aromatic carbocycles. The number of aromatic nitrogens is 11. The van der Waals surface area contributed by atoms with E-state index in [9.17, 15) is 0 Å². The van der Waals surface area contributed by atoms with Crippen LogP contribution >= 0.6 is 17.0 Å². The number of nitrogens with zero attached hydrogens (tertiary/aromatic N) is 12. The van der Waals surface area contributed by atoms with Gasteiger partial charge in [0, 0.05) is 98.5 Å². The van der Waals surface area contributed by atoms with Crippen molar-refractivity contribution in [3.05, 3.63) is 352 Å². The Balaban J connectivity index is 0.000000141. The van der Waals surface area contributed by atoms with Gasteiger partial charge in [-0.15, -0.1) is 45.1 Å². The Hall–Kier alpha value is -12.0. The van der Waals surface area contributed by atoms with Crippen molar-refractivity contribution in [2.75, 3.05) is 11.6 Å². The van der Waals surface area contributed by atoms with E-state index in [1.54, 1.807) is 20.2 Å². The molecule has 572 valence electrons. The van der Waals surface area contributed by atoms with Crippen LogP contribution in [0.1, 0.15) is 20.3 Å². The Labute approximate surface area is 709 Å². The number of para-hydroxylation sites is 3. The first-order chi connectivity index (χ1) is 56.3. The van der Waals surface area contributed by atoms with E-state index in [-0.39, 0.29) is 54.7 Å². The summed E-state index contributed by atoms with van der Waals surface area (Å²) in [5, 5.41) is 23.3. The Kier molecular flexibility index (Phi) is 26.3. The second-order valence-electron chi connectivity index (χ2n) is 27.7. The molecule has 18 aromatic rings. The largest absolute Gasteiger partial charge is 2.00 e. The van der Waals surface area contributed by atoms with E-state index in [1.165, 1.54) is 49.7 Å². The van der Waals surface area contributed by atoms with Crippen LogP contribution in [0.25, 0.3) is 162 Å². The number of fused-ring (bicyclic) bond motifs is 23. The smallest absolute Gasteiger partial charge is 0.393 e. The fourth-order valence-corrected chi connectivity index (χ4v) is 14.0. The Morgan fingerprint density at radius 3 is 1.20 bits per heavy atom. The number of hydrogen-bond donors (Lipinski definition) is 2. The third-order valence-corrected chi connectivity index (χ3v) is 21.9. The minimum Gasteiger partial charge on any atom is -0.393 e. The molecule has 5 aromatic heterocycles. The molecule has 5 unspecified atom stereocenters. The molecule has 0 saturated heterocycles. The second kappa shape index (κ2) is 37.7. The molecule has 2 aliphatic heterocycles. The first-order valence-corrected chi connectivity index (χ1v) is 40.4. The van der Waals surface area contributed by atoms with Crippen LogP contribution in [-0.4, -0.2) is 94.2 Å². The summed E-state index contributed by atoms with van der Waals surface area (Å²) in [6.45, 7) is 5.26. The molecule has 20 heteroatoms. The standard InChI is InChI=1S/C42H30N2.C32H16N8.C16H11N2.C5H12O2.C2H6B2P2.Cu.Ir/c1-4-12-31(13-5-1)32-20-25-37(26-21-32)43(35-14-6-2-7-15-35)38-27-22-33(23-28-38)34-24-29-42-40(30-34)39-18-10-11-19-41(39)44(42)36-16-8-3-9-17-36;1-2-10-18-17(9-1)25-33-26(18)38-28-21-13-5-6-14-22(21)30(35-28)40-32-24-16-8-7-15-23(24)31(36-32)39-29-20-12-4-3-11-19(20)27(34-29)37-25;1-3-7-13(8-4-1)15-11-16(18-12-17-15)14-9-5-2-6-10-14;1-4(6)3-5(2)7;1-6(4)2(3)5;;/h1-30H;1-16H;1-9,11-12H;4-7H,3H2,1-2H3;2H,5H2,1H3;;/q;-2;-1;;;+2;. The van der Waals surface area contributed by atoms with Crippen LogP contribution in [0.5, 0.6) is 0 Å². The minimum atomic E-state index is -0.419. The van der Waals surface area contributed by atoms with E-state index >= 15 is 0 Å². The number of anilines is 3. The fraction of sp³-hybridized carbons (Fsp3) is 0.0722. The van der Waals surface area contributed by atoms with E-state index in [1.807, 2.05) is 164 Å². The average Bonchev–Trinajstić information content (AvgIpc) is 1.60. The molecule has 0 saturated carbocycles. The molecule has 0 spiro atoms. The van der Waals surface area contributed by atoms with E-state index in [0.717, 1.165) is 83.4 Å².